The zero-order valence-electron chi connectivity index (χ0n) is 11.5. The highest BCUT2D eigenvalue weighted by molar-refractivity contribution is 5.24. The van der Waals surface area contributed by atoms with E-state index in [1.54, 1.807) is 0 Å². The minimum Gasteiger partial charge on any atom is -0.474 e. The number of ether oxygens (including phenoxy) is 1. The molecule has 1 fully saturated rings. The molecular formula is C15H23NO2. The quantitative estimate of drug-likeness (QED) is 0.895. The third-order valence-corrected chi connectivity index (χ3v) is 3.76. The number of pyridine rings is 1. The highest BCUT2D eigenvalue weighted by atomic mass is 16.5. The van der Waals surface area contributed by atoms with Crippen molar-refractivity contribution >= 4 is 0 Å². The fourth-order valence-electron chi connectivity index (χ4n) is 2.94. The monoisotopic (exact) mass is 249 g/mol. The van der Waals surface area contributed by atoms with Gasteiger partial charge in [0, 0.05) is 11.8 Å². The lowest BCUT2D eigenvalue weighted by Crippen LogP contribution is -2.28. The van der Waals surface area contributed by atoms with E-state index in [4.69, 9.17) is 9.84 Å². The van der Waals surface area contributed by atoms with E-state index in [9.17, 15) is 0 Å². The molecule has 1 aliphatic rings. The number of hydrogen-bond donors (Lipinski definition) is 1. The van der Waals surface area contributed by atoms with Gasteiger partial charge in [0.2, 0.25) is 5.88 Å². The first kappa shape index (κ1) is 13.3. The Balaban J connectivity index is 2.02. The van der Waals surface area contributed by atoms with Crippen molar-refractivity contribution in [2.45, 2.75) is 52.7 Å². The molecule has 3 heteroatoms. The van der Waals surface area contributed by atoms with Crippen molar-refractivity contribution in [3.05, 3.63) is 23.4 Å². The molecule has 100 valence electrons. The van der Waals surface area contributed by atoms with Crippen LogP contribution in [0.25, 0.3) is 0 Å². The average Bonchev–Trinajstić information content (AvgIpc) is 2.27. The summed E-state index contributed by atoms with van der Waals surface area (Å²) in [5.74, 6) is 2.16. The summed E-state index contributed by atoms with van der Waals surface area (Å²) in [5, 5.41) is 9.12. The number of rotatable bonds is 3. The molecule has 0 aliphatic heterocycles. The van der Waals surface area contributed by atoms with Crippen molar-refractivity contribution in [2.75, 3.05) is 0 Å². The van der Waals surface area contributed by atoms with Crippen LogP contribution >= 0.6 is 0 Å². The lowest BCUT2D eigenvalue weighted by atomic mass is 9.82. The van der Waals surface area contributed by atoms with Crippen LogP contribution < -0.4 is 4.74 Å². The number of nitrogens with zero attached hydrogens (tertiary/aromatic N) is 1. The van der Waals surface area contributed by atoms with Gasteiger partial charge in [-0.3, -0.25) is 0 Å². The van der Waals surface area contributed by atoms with Crippen molar-refractivity contribution in [1.82, 2.24) is 4.98 Å². The second kappa shape index (κ2) is 5.70. The molecule has 0 spiro atoms. The average molecular weight is 249 g/mol. The van der Waals surface area contributed by atoms with E-state index in [0.29, 0.717) is 5.88 Å². The minimum absolute atomic E-state index is 0.0383. The van der Waals surface area contributed by atoms with Gasteiger partial charge < -0.3 is 9.84 Å². The van der Waals surface area contributed by atoms with Gasteiger partial charge in [-0.05, 0) is 49.7 Å². The van der Waals surface area contributed by atoms with E-state index in [1.165, 1.54) is 6.42 Å². The van der Waals surface area contributed by atoms with Crippen molar-refractivity contribution in [3.8, 4) is 5.88 Å². The van der Waals surface area contributed by atoms with Gasteiger partial charge in [-0.1, -0.05) is 13.8 Å². The lowest BCUT2D eigenvalue weighted by molar-refractivity contribution is 0.0965. The highest BCUT2D eigenvalue weighted by Gasteiger charge is 2.25. The number of aryl methyl sites for hydroxylation is 1. The molecule has 1 aromatic heterocycles. The number of hydrogen-bond acceptors (Lipinski definition) is 3. The number of aromatic nitrogens is 1. The summed E-state index contributed by atoms with van der Waals surface area (Å²) in [7, 11) is 0. The molecule has 1 aromatic rings. The van der Waals surface area contributed by atoms with Gasteiger partial charge in [0.25, 0.3) is 0 Å². The molecule has 0 saturated heterocycles. The van der Waals surface area contributed by atoms with Gasteiger partial charge in [0.1, 0.15) is 6.10 Å². The number of aliphatic hydroxyl groups excluding tert-OH is 1. The van der Waals surface area contributed by atoms with Crippen LogP contribution in [0, 0.1) is 18.8 Å². The molecule has 0 amide bonds. The first-order valence-electron chi connectivity index (χ1n) is 6.82. The Kier molecular flexibility index (Phi) is 4.23. The summed E-state index contributed by atoms with van der Waals surface area (Å²) in [6, 6.07) is 3.76. The summed E-state index contributed by atoms with van der Waals surface area (Å²) < 4.78 is 5.98. The maximum atomic E-state index is 9.12. The largest absolute Gasteiger partial charge is 0.474 e. The van der Waals surface area contributed by atoms with E-state index in [0.717, 1.165) is 35.9 Å². The molecular weight excluding hydrogens is 226 g/mol. The van der Waals surface area contributed by atoms with Crippen LogP contribution in [0.2, 0.25) is 0 Å². The second-order valence-electron chi connectivity index (χ2n) is 5.71. The van der Waals surface area contributed by atoms with E-state index >= 15 is 0 Å². The van der Waals surface area contributed by atoms with E-state index in [1.807, 2.05) is 19.1 Å². The third-order valence-electron chi connectivity index (χ3n) is 3.76. The van der Waals surface area contributed by atoms with Crippen LogP contribution in [-0.4, -0.2) is 16.2 Å². The Morgan fingerprint density at radius 3 is 2.44 bits per heavy atom. The first-order chi connectivity index (χ1) is 8.58. The van der Waals surface area contributed by atoms with E-state index in [2.05, 4.69) is 18.8 Å². The molecule has 1 N–H and O–H groups in total. The molecule has 1 heterocycles. The Morgan fingerprint density at radius 1 is 1.22 bits per heavy atom. The summed E-state index contributed by atoms with van der Waals surface area (Å²) in [6.45, 7) is 6.53. The smallest absolute Gasteiger partial charge is 0.213 e. The van der Waals surface area contributed by atoms with E-state index < -0.39 is 0 Å². The molecule has 0 aromatic carbocycles. The Hall–Kier alpha value is -1.09. The van der Waals surface area contributed by atoms with Crippen LogP contribution in [0.1, 0.15) is 44.4 Å². The van der Waals surface area contributed by atoms with Crippen LogP contribution in [0.5, 0.6) is 5.88 Å². The van der Waals surface area contributed by atoms with Gasteiger partial charge in [-0.15, -0.1) is 0 Å². The maximum Gasteiger partial charge on any atom is 0.213 e. The fourth-order valence-corrected chi connectivity index (χ4v) is 2.94. The van der Waals surface area contributed by atoms with Gasteiger partial charge in [0.15, 0.2) is 0 Å². The predicted molar refractivity (Wildman–Crippen MR) is 71.5 cm³/mol. The first-order valence-corrected chi connectivity index (χ1v) is 6.82. The second-order valence-corrected chi connectivity index (χ2v) is 5.71. The molecule has 0 radical (unpaired) electrons. The summed E-state index contributed by atoms with van der Waals surface area (Å²) in [6.07, 6.45) is 3.82. The zero-order chi connectivity index (χ0) is 13.1. The van der Waals surface area contributed by atoms with Crippen LogP contribution in [0.15, 0.2) is 12.1 Å². The van der Waals surface area contributed by atoms with Crippen molar-refractivity contribution in [2.24, 2.45) is 11.8 Å². The van der Waals surface area contributed by atoms with Gasteiger partial charge in [-0.25, -0.2) is 4.98 Å². The maximum absolute atomic E-state index is 9.12. The molecule has 3 nitrogen and oxygen atoms in total. The zero-order valence-corrected chi connectivity index (χ0v) is 11.5. The molecule has 2 atom stereocenters. The Labute approximate surface area is 109 Å². The van der Waals surface area contributed by atoms with Crippen molar-refractivity contribution < 1.29 is 9.84 Å². The molecule has 1 aliphatic carbocycles. The normalized spacial score (nSPS) is 28.1. The predicted octanol–water partition coefficient (Wildman–Crippen LogP) is 3.09. The fraction of sp³-hybridized carbons (Fsp3) is 0.667. The van der Waals surface area contributed by atoms with Crippen LogP contribution in [-0.2, 0) is 6.61 Å². The Bertz CT molecular complexity index is 395. The van der Waals surface area contributed by atoms with Crippen molar-refractivity contribution in [1.29, 1.82) is 0 Å². The molecule has 1 saturated carbocycles. The SMILES string of the molecule is Cc1nc(OC2CC(C)CC(C)C2)ccc1CO. The summed E-state index contributed by atoms with van der Waals surface area (Å²) >= 11 is 0. The topological polar surface area (TPSA) is 42.4 Å². The van der Waals surface area contributed by atoms with Gasteiger partial charge in [0.05, 0.1) is 6.61 Å². The lowest BCUT2D eigenvalue weighted by Gasteiger charge is -2.31. The molecule has 2 unspecified atom stereocenters. The van der Waals surface area contributed by atoms with Gasteiger partial charge in [-0.2, -0.15) is 0 Å². The Morgan fingerprint density at radius 2 is 1.89 bits per heavy atom. The summed E-state index contributed by atoms with van der Waals surface area (Å²) in [5.41, 5.74) is 1.72. The molecule has 0 bridgehead atoms. The molecule has 18 heavy (non-hydrogen) atoms. The highest BCUT2D eigenvalue weighted by Crippen LogP contribution is 2.31. The minimum atomic E-state index is 0.0383. The van der Waals surface area contributed by atoms with Crippen molar-refractivity contribution in [3.63, 3.8) is 0 Å². The van der Waals surface area contributed by atoms with Gasteiger partial charge >= 0.3 is 0 Å². The van der Waals surface area contributed by atoms with Crippen LogP contribution in [0.4, 0.5) is 0 Å². The molecule has 2 rings (SSSR count). The third kappa shape index (κ3) is 3.22. The standard InChI is InChI=1S/C15H23NO2/c1-10-6-11(2)8-14(7-10)18-15-5-4-13(9-17)12(3)16-15/h4-5,10-11,14,17H,6-9H2,1-3H3. The summed E-state index contributed by atoms with van der Waals surface area (Å²) in [4.78, 5) is 4.41. The van der Waals surface area contributed by atoms with Crippen LogP contribution in [0.3, 0.4) is 0 Å². The number of aliphatic hydroxyl groups is 1. The van der Waals surface area contributed by atoms with E-state index in [-0.39, 0.29) is 12.7 Å².